The quantitative estimate of drug-likeness (QED) is 0.582. The molecule has 0 bridgehead atoms. The molecule has 0 radical (unpaired) electrons. The molecular formula is C17H18F3N3O2S. The Morgan fingerprint density at radius 1 is 1.38 bits per heavy atom. The van der Waals surface area contributed by atoms with Crippen LogP contribution in [0.2, 0.25) is 0 Å². The highest BCUT2D eigenvalue weighted by Crippen LogP contribution is 2.32. The Morgan fingerprint density at radius 2 is 2.19 bits per heavy atom. The van der Waals surface area contributed by atoms with Gasteiger partial charge in [-0.15, -0.1) is 0 Å². The molecule has 3 rings (SSSR count). The molecule has 0 aromatic carbocycles. The summed E-state index contributed by atoms with van der Waals surface area (Å²) in [6.45, 7) is 2.67. The predicted molar refractivity (Wildman–Crippen MR) is 90.5 cm³/mol. The molecule has 1 fully saturated rings. The van der Waals surface area contributed by atoms with Crippen molar-refractivity contribution in [3.8, 4) is 11.5 Å². The van der Waals surface area contributed by atoms with Crippen LogP contribution in [0.25, 0.3) is 11.5 Å². The Bertz CT molecular complexity index is 765. The molecule has 1 atom stereocenters. The number of amides is 1. The maximum Gasteiger partial charge on any atom is 0.433 e. The van der Waals surface area contributed by atoms with Gasteiger partial charge in [0.1, 0.15) is 11.4 Å². The molecule has 26 heavy (non-hydrogen) atoms. The van der Waals surface area contributed by atoms with Crippen molar-refractivity contribution in [2.75, 3.05) is 12.3 Å². The van der Waals surface area contributed by atoms with Crippen LogP contribution < -0.4 is 0 Å². The number of likely N-dealkylation sites (tertiary alicyclic amines) is 1. The number of nitrogens with zero attached hydrogens (tertiary/aromatic N) is 3. The highest BCUT2D eigenvalue weighted by molar-refractivity contribution is 7.99. The third-order valence-electron chi connectivity index (χ3n) is 4.22. The summed E-state index contributed by atoms with van der Waals surface area (Å²) in [5.41, 5.74) is -1.01. The number of piperidine rings is 1. The third-order valence-corrected chi connectivity index (χ3v) is 5.05. The van der Waals surface area contributed by atoms with Gasteiger partial charge in [0.05, 0.1) is 12.0 Å². The lowest BCUT2D eigenvalue weighted by molar-refractivity contribution is -0.141. The molecule has 2 aromatic heterocycles. The maximum absolute atomic E-state index is 13.1. The van der Waals surface area contributed by atoms with Crippen LogP contribution in [0.5, 0.6) is 0 Å². The highest BCUT2D eigenvalue weighted by atomic mass is 32.2. The van der Waals surface area contributed by atoms with E-state index in [-0.39, 0.29) is 34.3 Å². The van der Waals surface area contributed by atoms with Crippen molar-refractivity contribution in [3.05, 3.63) is 30.2 Å². The number of hydrogen-bond acceptors (Lipinski definition) is 5. The van der Waals surface area contributed by atoms with Crippen LogP contribution in [-0.2, 0) is 11.0 Å². The summed E-state index contributed by atoms with van der Waals surface area (Å²) in [4.78, 5) is 21.8. The standard InChI is InChI=1S/C17H18F3N3O2S/c1-11-5-2-3-7-23(11)15(24)10-26-16-21-12(13-6-4-8-25-13)9-14(22-16)17(18,19)20/h4,6,8-9,11H,2-3,5,7,10H2,1H3. The number of thioether (sulfide) groups is 1. The summed E-state index contributed by atoms with van der Waals surface area (Å²) in [7, 11) is 0. The zero-order valence-electron chi connectivity index (χ0n) is 14.1. The van der Waals surface area contributed by atoms with Gasteiger partial charge in [-0.25, -0.2) is 9.97 Å². The van der Waals surface area contributed by atoms with E-state index in [1.165, 1.54) is 12.3 Å². The lowest BCUT2D eigenvalue weighted by Crippen LogP contribution is -2.42. The fourth-order valence-electron chi connectivity index (χ4n) is 2.86. The Hall–Kier alpha value is -2.03. The molecule has 140 valence electrons. The van der Waals surface area contributed by atoms with Gasteiger partial charge in [-0.2, -0.15) is 13.2 Å². The van der Waals surface area contributed by atoms with Crippen LogP contribution in [0.1, 0.15) is 31.9 Å². The average molecular weight is 385 g/mol. The molecule has 0 aliphatic carbocycles. The van der Waals surface area contributed by atoms with Crippen molar-refractivity contribution in [1.82, 2.24) is 14.9 Å². The monoisotopic (exact) mass is 385 g/mol. The molecule has 5 nitrogen and oxygen atoms in total. The summed E-state index contributed by atoms with van der Waals surface area (Å²) in [5, 5.41) is -0.0933. The minimum atomic E-state index is -4.61. The molecule has 1 amide bonds. The Morgan fingerprint density at radius 3 is 2.85 bits per heavy atom. The smallest absolute Gasteiger partial charge is 0.433 e. The number of furan rings is 1. The fraction of sp³-hybridized carbons (Fsp3) is 0.471. The van der Waals surface area contributed by atoms with E-state index in [0.717, 1.165) is 37.1 Å². The fourth-order valence-corrected chi connectivity index (χ4v) is 3.61. The molecule has 1 unspecified atom stereocenters. The first-order valence-corrected chi connectivity index (χ1v) is 9.25. The van der Waals surface area contributed by atoms with Crippen LogP contribution in [0.4, 0.5) is 13.2 Å². The normalized spacial score (nSPS) is 18.2. The molecule has 1 saturated heterocycles. The van der Waals surface area contributed by atoms with Crippen LogP contribution in [-0.4, -0.2) is 39.1 Å². The van der Waals surface area contributed by atoms with Gasteiger partial charge in [-0.3, -0.25) is 4.79 Å². The highest BCUT2D eigenvalue weighted by Gasteiger charge is 2.34. The van der Waals surface area contributed by atoms with E-state index < -0.39 is 11.9 Å². The van der Waals surface area contributed by atoms with Crippen molar-refractivity contribution >= 4 is 17.7 Å². The number of aromatic nitrogens is 2. The van der Waals surface area contributed by atoms with Gasteiger partial charge in [0, 0.05) is 12.6 Å². The van der Waals surface area contributed by atoms with Crippen molar-refractivity contribution in [2.24, 2.45) is 0 Å². The number of hydrogen-bond donors (Lipinski definition) is 0. The van der Waals surface area contributed by atoms with Crippen molar-refractivity contribution in [1.29, 1.82) is 0 Å². The first-order chi connectivity index (χ1) is 12.3. The molecule has 9 heteroatoms. The van der Waals surface area contributed by atoms with Gasteiger partial charge >= 0.3 is 6.18 Å². The van der Waals surface area contributed by atoms with Crippen LogP contribution in [0.3, 0.4) is 0 Å². The van der Waals surface area contributed by atoms with Crippen LogP contribution >= 0.6 is 11.8 Å². The van der Waals surface area contributed by atoms with Gasteiger partial charge in [0.2, 0.25) is 5.91 Å². The number of halogens is 3. The number of carbonyl (C=O) groups excluding carboxylic acids is 1. The molecule has 0 N–H and O–H groups in total. The average Bonchev–Trinajstić information content (AvgIpc) is 3.14. The summed E-state index contributed by atoms with van der Waals surface area (Å²) in [5.74, 6) is 0.113. The Balaban J connectivity index is 1.78. The van der Waals surface area contributed by atoms with E-state index in [4.69, 9.17) is 4.42 Å². The summed E-state index contributed by atoms with van der Waals surface area (Å²) < 4.78 is 44.5. The van der Waals surface area contributed by atoms with Crippen molar-refractivity contribution in [3.63, 3.8) is 0 Å². The van der Waals surface area contributed by atoms with Gasteiger partial charge in [0.25, 0.3) is 0 Å². The lowest BCUT2D eigenvalue weighted by Gasteiger charge is -2.33. The van der Waals surface area contributed by atoms with E-state index in [9.17, 15) is 18.0 Å². The second kappa shape index (κ2) is 7.69. The minimum Gasteiger partial charge on any atom is -0.463 e. The van der Waals surface area contributed by atoms with Gasteiger partial charge in [-0.05, 0) is 44.4 Å². The molecule has 0 spiro atoms. The lowest BCUT2D eigenvalue weighted by atomic mass is 10.0. The second-order valence-electron chi connectivity index (χ2n) is 6.12. The van der Waals surface area contributed by atoms with Crippen LogP contribution in [0, 0.1) is 0 Å². The van der Waals surface area contributed by atoms with Gasteiger partial charge in [0.15, 0.2) is 10.9 Å². The molecule has 0 saturated carbocycles. The zero-order valence-corrected chi connectivity index (χ0v) is 14.9. The second-order valence-corrected chi connectivity index (χ2v) is 7.06. The SMILES string of the molecule is CC1CCCCN1C(=O)CSc1nc(-c2ccco2)cc(C(F)(F)F)n1. The Kier molecular flexibility index (Phi) is 5.55. The predicted octanol–water partition coefficient (Wildman–Crippen LogP) is 4.25. The molecular weight excluding hydrogens is 367 g/mol. The number of alkyl halides is 3. The molecule has 3 heterocycles. The van der Waals surface area contributed by atoms with E-state index in [0.29, 0.717) is 6.54 Å². The minimum absolute atomic E-state index is 0.00322. The first kappa shape index (κ1) is 18.8. The van der Waals surface area contributed by atoms with Crippen molar-refractivity contribution < 1.29 is 22.4 Å². The van der Waals surface area contributed by atoms with Gasteiger partial charge in [-0.1, -0.05) is 11.8 Å². The van der Waals surface area contributed by atoms with Gasteiger partial charge < -0.3 is 9.32 Å². The van der Waals surface area contributed by atoms with Crippen molar-refractivity contribution in [2.45, 2.75) is 43.6 Å². The number of rotatable bonds is 4. The van der Waals surface area contributed by atoms with E-state index in [1.54, 1.807) is 11.0 Å². The zero-order chi connectivity index (χ0) is 18.7. The summed E-state index contributed by atoms with van der Waals surface area (Å²) in [6, 6.07) is 4.09. The maximum atomic E-state index is 13.1. The summed E-state index contributed by atoms with van der Waals surface area (Å²) >= 11 is 0.911. The topological polar surface area (TPSA) is 59.2 Å². The van der Waals surface area contributed by atoms with E-state index in [2.05, 4.69) is 9.97 Å². The van der Waals surface area contributed by atoms with E-state index in [1.807, 2.05) is 6.92 Å². The molecule has 1 aliphatic heterocycles. The third kappa shape index (κ3) is 4.38. The first-order valence-electron chi connectivity index (χ1n) is 8.27. The van der Waals surface area contributed by atoms with Crippen LogP contribution in [0.15, 0.2) is 34.0 Å². The molecule has 1 aliphatic rings. The largest absolute Gasteiger partial charge is 0.463 e. The molecule has 2 aromatic rings. The number of carbonyl (C=O) groups is 1. The summed E-state index contributed by atoms with van der Waals surface area (Å²) in [6.07, 6.45) is -0.270. The van der Waals surface area contributed by atoms with E-state index >= 15 is 0 Å². The Labute approximate surface area is 153 Å².